The molecule has 1 aliphatic carbocycles. The molecule has 128 valence electrons. The van der Waals surface area contributed by atoms with Crippen molar-refractivity contribution in [1.82, 2.24) is 0 Å². The zero-order chi connectivity index (χ0) is 17.5. The first-order valence-electron chi connectivity index (χ1n) is 7.91. The molecule has 1 aromatic rings. The lowest BCUT2D eigenvalue weighted by Gasteiger charge is -2.28. The number of nitriles is 1. The van der Waals surface area contributed by atoms with Crippen LogP contribution in [0.5, 0.6) is 0 Å². The van der Waals surface area contributed by atoms with Crippen molar-refractivity contribution < 1.29 is 22.7 Å². The first-order chi connectivity index (χ1) is 11.5. The molecule has 24 heavy (non-hydrogen) atoms. The number of allylic oxidation sites excluding steroid dienone is 2. The molecule has 0 heterocycles. The summed E-state index contributed by atoms with van der Waals surface area (Å²) in [5.74, 6) is -3.09. The van der Waals surface area contributed by atoms with Gasteiger partial charge in [0.1, 0.15) is 12.2 Å². The third kappa shape index (κ3) is 5.12. The van der Waals surface area contributed by atoms with Crippen LogP contribution in [0.4, 0.5) is 13.2 Å². The Balaban J connectivity index is 1.77. The summed E-state index contributed by atoms with van der Waals surface area (Å²) in [6.45, 7) is 0. The van der Waals surface area contributed by atoms with Gasteiger partial charge in [-0.2, -0.15) is 9.65 Å². The van der Waals surface area contributed by atoms with Crippen molar-refractivity contribution in [3.8, 4) is 6.07 Å². The molecule has 0 aliphatic heterocycles. The highest BCUT2D eigenvalue weighted by Crippen LogP contribution is 2.30. The summed E-state index contributed by atoms with van der Waals surface area (Å²) in [4.78, 5) is 11.9. The zero-order valence-electron chi connectivity index (χ0n) is 13.1. The number of benzene rings is 1. The molecule has 6 heteroatoms. The molecule has 2 rings (SSSR count). The molecule has 1 aromatic carbocycles. The third-order valence-corrected chi connectivity index (χ3v) is 4.23. The molecular formula is C18H18F3NO2. The van der Waals surface area contributed by atoms with E-state index in [4.69, 9.17) is 10.00 Å². The number of ether oxygens (including phenoxy) is 1. The van der Waals surface area contributed by atoms with E-state index >= 15 is 0 Å². The van der Waals surface area contributed by atoms with E-state index in [1.165, 1.54) is 18.2 Å². The summed E-state index contributed by atoms with van der Waals surface area (Å²) in [6.07, 6.45) is 5.41. The Morgan fingerprint density at radius 1 is 1.25 bits per heavy atom. The van der Waals surface area contributed by atoms with Gasteiger partial charge in [0.25, 0.3) is 0 Å². The monoisotopic (exact) mass is 337 g/mol. The van der Waals surface area contributed by atoms with Gasteiger partial charge in [0, 0.05) is 0 Å². The van der Waals surface area contributed by atoms with Crippen molar-refractivity contribution in [2.24, 2.45) is 5.92 Å². The number of carbonyl (C=O) groups excluding carboxylic acids is 1. The second kappa shape index (κ2) is 8.53. The summed E-state index contributed by atoms with van der Waals surface area (Å²) in [5.41, 5.74) is -0.00635. The maximum atomic E-state index is 13.1. The van der Waals surface area contributed by atoms with E-state index in [-0.39, 0.29) is 11.7 Å². The van der Waals surface area contributed by atoms with Crippen LogP contribution >= 0.6 is 0 Å². The first kappa shape index (κ1) is 18.1. The minimum Gasteiger partial charge on any atom is -0.459 e. The molecule has 0 amide bonds. The number of esters is 1. The van der Waals surface area contributed by atoms with Gasteiger partial charge in [0.05, 0.1) is 5.56 Å². The fraction of sp³-hybridized carbons (Fsp3) is 0.444. The van der Waals surface area contributed by atoms with Crippen LogP contribution in [0.15, 0.2) is 30.1 Å². The first-order valence-corrected chi connectivity index (χ1v) is 7.91. The molecule has 0 saturated heterocycles. The quantitative estimate of drug-likeness (QED) is 0.571. The normalized spacial score (nSPS) is 21.2. The Morgan fingerprint density at radius 2 is 1.96 bits per heavy atom. The standard InChI is InChI=1S/C18H18F3NO2/c19-14(11-22)3-1-2-12-4-7-15(8-5-12)24-18(23)13-6-9-16(20)17(21)10-13/h3,6,9-10,12,15H,1-2,4-5,7-8H2/b14-3-. The van der Waals surface area contributed by atoms with Crippen LogP contribution in [0.3, 0.4) is 0 Å². The Morgan fingerprint density at radius 3 is 2.58 bits per heavy atom. The SMILES string of the molecule is N#C/C(F)=C/CCC1CCC(OC(=O)c2ccc(F)c(F)c2)CC1. The molecule has 1 aliphatic rings. The van der Waals surface area contributed by atoms with E-state index in [0.29, 0.717) is 25.2 Å². The number of nitrogens with zero attached hydrogens (tertiary/aromatic N) is 1. The Kier molecular flexibility index (Phi) is 6.42. The van der Waals surface area contributed by atoms with Crippen molar-refractivity contribution in [3.05, 3.63) is 47.3 Å². The fourth-order valence-electron chi connectivity index (χ4n) is 2.87. The van der Waals surface area contributed by atoms with Crippen LogP contribution in [0, 0.1) is 28.9 Å². The van der Waals surface area contributed by atoms with Crippen LogP contribution in [-0.2, 0) is 4.74 Å². The average molecular weight is 337 g/mol. The van der Waals surface area contributed by atoms with E-state index in [2.05, 4.69) is 0 Å². The van der Waals surface area contributed by atoms with Crippen LogP contribution < -0.4 is 0 Å². The number of rotatable bonds is 5. The fourth-order valence-corrected chi connectivity index (χ4v) is 2.87. The van der Waals surface area contributed by atoms with E-state index in [9.17, 15) is 18.0 Å². The van der Waals surface area contributed by atoms with Gasteiger partial charge in [0.15, 0.2) is 17.5 Å². The van der Waals surface area contributed by atoms with Crippen LogP contribution in [0.25, 0.3) is 0 Å². The molecule has 0 bridgehead atoms. The van der Waals surface area contributed by atoms with Gasteiger partial charge in [-0.3, -0.25) is 0 Å². The van der Waals surface area contributed by atoms with Gasteiger partial charge in [-0.05, 0) is 68.7 Å². The predicted octanol–water partition coefficient (Wildman–Crippen LogP) is 4.84. The summed E-state index contributed by atoms with van der Waals surface area (Å²) in [7, 11) is 0. The van der Waals surface area contributed by atoms with Crippen molar-refractivity contribution in [2.75, 3.05) is 0 Å². The Bertz CT molecular complexity index is 659. The largest absolute Gasteiger partial charge is 0.459 e. The molecule has 0 unspecified atom stereocenters. The molecule has 0 spiro atoms. The van der Waals surface area contributed by atoms with Gasteiger partial charge in [0.2, 0.25) is 0 Å². The minimum atomic E-state index is -1.08. The highest BCUT2D eigenvalue weighted by molar-refractivity contribution is 5.89. The molecule has 0 N–H and O–H groups in total. The van der Waals surface area contributed by atoms with Crippen LogP contribution in [0.1, 0.15) is 48.9 Å². The van der Waals surface area contributed by atoms with Gasteiger partial charge < -0.3 is 4.74 Å². The van der Waals surface area contributed by atoms with Gasteiger partial charge in [-0.15, -0.1) is 0 Å². The van der Waals surface area contributed by atoms with Gasteiger partial charge >= 0.3 is 5.97 Å². The number of hydrogen-bond acceptors (Lipinski definition) is 3. The van der Waals surface area contributed by atoms with Crippen molar-refractivity contribution in [1.29, 1.82) is 5.26 Å². The smallest absolute Gasteiger partial charge is 0.338 e. The van der Waals surface area contributed by atoms with Gasteiger partial charge in [-0.25, -0.2) is 13.6 Å². The van der Waals surface area contributed by atoms with Crippen molar-refractivity contribution in [3.63, 3.8) is 0 Å². The maximum absolute atomic E-state index is 13.1. The molecule has 0 atom stereocenters. The zero-order valence-corrected chi connectivity index (χ0v) is 13.1. The average Bonchev–Trinajstić information content (AvgIpc) is 2.58. The summed E-state index contributed by atoms with van der Waals surface area (Å²) < 4.78 is 44.0. The molecule has 1 fully saturated rings. The van der Waals surface area contributed by atoms with E-state index < -0.39 is 23.4 Å². The lowest BCUT2D eigenvalue weighted by molar-refractivity contribution is 0.0162. The molecule has 0 aromatic heterocycles. The van der Waals surface area contributed by atoms with E-state index in [1.54, 1.807) is 0 Å². The van der Waals surface area contributed by atoms with Gasteiger partial charge in [-0.1, -0.05) is 0 Å². The van der Waals surface area contributed by atoms with Crippen molar-refractivity contribution >= 4 is 5.97 Å². The second-order valence-electron chi connectivity index (χ2n) is 5.92. The number of carbonyl (C=O) groups is 1. The lowest BCUT2D eigenvalue weighted by atomic mass is 9.84. The molecular weight excluding hydrogens is 319 g/mol. The lowest BCUT2D eigenvalue weighted by Crippen LogP contribution is -2.24. The minimum absolute atomic E-state index is 0.00635. The Hall–Kier alpha value is -2.29. The molecule has 1 saturated carbocycles. The second-order valence-corrected chi connectivity index (χ2v) is 5.92. The van der Waals surface area contributed by atoms with Crippen molar-refractivity contribution in [2.45, 2.75) is 44.6 Å². The van der Waals surface area contributed by atoms with Crippen LogP contribution in [0.2, 0.25) is 0 Å². The number of hydrogen-bond donors (Lipinski definition) is 0. The molecule has 0 radical (unpaired) electrons. The topological polar surface area (TPSA) is 50.1 Å². The highest BCUT2D eigenvalue weighted by atomic mass is 19.2. The predicted molar refractivity (Wildman–Crippen MR) is 81.6 cm³/mol. The third-order valence-electron chi connectivity index (χ3n) is 4.23. The van der Waals surface area contributed by atoms with E-state index in [1.807, 2.05) is 0 Å². The summed E-state index contributed by atoms with van der Waals surface area (Å²) in [5, 5.41) is 8.33. The summed E-state index contributed by atoms with van der Waals surface area (Å²) in [6, 6.07) is 4.37. The highest BCUT2D eigenvalue weighted by Gasteiger charge is 2.24. The van der Waals surface area contributed by atoms with E-state index in [0.717, 1.165) is 31.4 Å². The maximum Gasteiger partial charge on any atom is 0.338 e. The summed E-state index contributed by atoms with van der Waals surface area (Å²) >= 11 is 0. The molecule has 3 nitrogen and oxygen atoms in total. The Labute approximate surface area is 138 Å². The number of halogens is 3. The van der Waals surface area contributed by atoms with Crippen LogP contribution in [-0.4, -0.2) is 12.1 Å².